The molecule has 152 valence electrons. The summed E-state index contributed by atoms with van der Waals surface area (Å²) in [5.74, 6) is 6.79. The molecule has 2 fully saturated rings. The molecular weight excluding hydrogens is 360 g/mol. The SMILES string of the molecule is CC(/N=C(\ON)C(C)(C)C)C1=NN(c2c[n+](O)ccn2)C2C3CCC(CC12)O3. The molecule has 4 heterocycles. The normalized spacial score (nSPS) is 30.8. The molecule has 28 heavy (non-hydrogen) atoms. The number of hydrogen-bond donors (Lipinski definition) is 2. The standard InChI is InChI=1S/C19H29N6O3/c1-11(22-18(28-20)19(2,3)4)16-13-9-12-5-6-14(27-12)17(13)25(23-16)15-10-24(26)8-7-21-15/h7-8,10-14,17H,5-6,9,20H2,1-4H3,(H,21,26)/q+1/b22-18-. The Balaban J connectivity index is 1.71. The number of rotatable bonds is 3. The molecule has 3 aliphatic rings. The predicted molar refractivity (Wildman–Crippen MR) is 103 cm³/mol. The van der Waals surface area contributed by atoms with Crippen LogP contribution in [0.4, 0.5) is 5.82 Å². The lowest BCUT2D eigenvalue weighted by atomic mass is 9.84. The van der Waals surface area contributed by atoms with E-state index in [4.69, 9.17) is 25.6 Å². The molecular formula is C19H29N6O3+. The lowest BCUT2D eigenvalue weighted by molar-refractivity contribution is -0.904. The lowest BCUT2D eigenvalue weighted by Gasteiger charge is -2.36. The molecule has 1 aromatic rings. The van der Waals surface area contributed by atoms with Gasteiger partial charge in [-0.05, 0) is 26.2 Å². The van der Waals surface area contributed by atoms with Crippen LogP contribution in [-0.2, 0) is 9.57 Å². The fourth-order valence-corrected chi connectivity index (χ4v) is 4.46. The highest BCUT2D eigenvalue weighted by Gasteiger charge is 2.52. The van der Waals surface area contributed by atoms with Crippen molar-refractivity contribution in [3.05, 3.63) is 18.6 Å². The van der Waals surface area contributed by atoms with E-state index in [9.17, 15) is 5.21 Å². The highest BCUT2D eigenvalue weighted by Crippen LogP contribution is 2.44. The van der Waals surface area contributed by atoms with E-state index in [1.165, 1.54) is 6.20 Å². The molecule has 0 aromatic carbocycles. The summed E-state index contributed by atoms with van der Waals surface area (Å²) in [6.07, 6.45) is 7.95. The first kappa shape index (κ1) is 19.1. The maximum absolute atomic E-state index is 9.83. The first-order chi connectivity index (χ1) is 13.3. The van der Waals surface area contributed by atoms with E-state index in [-0.39, 0.29) is 35.6 Å². The van der Waals surface area contributed by atoms with E-state index >= 15 is 0 Å². The van der Waals surface area contributed by atoms with Gasteiger partial charge in [0, 0.05) is 16.1 Å². The van der Waals surface area contributed by atoms with Crippen LogP contribution in [-0.4, -0.2) is 46.1 Å². The Morgan fingerprint density at radius 2 is 2.25 bits per heavy atom. The number of aliphatic imine (C=N–C) groups is 1. The predicted octanol–water partition coefficient (Wildman–Crippen LogP) is 1.44. The molecule has 5 atom stereocenters. The van der Waals surface area contributed by atoms with Crippen LogP contribution in [0.25, 0.3) is 0 Å². The number of nitrogens with two attached hydrogens (primary N) is 1. The summed E-state index contributed by atoms with van der Waals surface area (Å²) in [6, 6.07) is -0.129. The van der Waals surface area contributed by atoms with Gasteiger partial charge in [-0.15, -0.1) is 0 Å². The second-order valence-corrected chi connectivity index (χ2v) is 8.85. The third kappa shape index (κ3) is 3.33. The Bertz CT molecular complexity index is 805. The maximum atomic E-state index is 9.83. The number of anilines is 1. The monoisotopic (exact) mass is 389 g/mol. The summed E-state index contributed by atoms with van der Waals surface area (Å²) in [4.78, 5) is 14.2. The molecule has 4 rings (SSSR count). The molecule has 9 nitrogen and oxygen atoms in total. The fraction of sp³-hybridized carbons (Fsp3) is 0.684. The summed E-state index contributed by atoms with van der Waals surface area (Å²) in [5.41, 5.74) is 0.693. The minimum atomic E-state index is -0.292. The Labute approximate surface area is 164 Å². The van der Waals surface area contributed by atoms with Crippen molar-refractivity contribution in [1.29, 1.82) is 0 Å². The molecule has 0 saturated carbocycles. The summed E-state index contributed by atoms with van der Waals surface area (Å²) < 4.78 is 7.18. The van der Waals surface area contributed by atoms with Crippen LogP contribution in [0.15, 0.2) is 28.7 Å². The van der Waals surface area contributed by atoms with E-state index < -0.39 is 0 Å². The van der Waals surface area contributed by atoms with E-state index in [0.29, 0.717) is 11.7 Å². The average molecular weight is 389 g/mol. The largest absolute Gasteiger partial charge is 0.396 e. The number of ether oxygens (including phenoxy) is 1. The van der Waals surface area contributed by atoms with Gasteiger partial charge in [-0.3, -0.25) is 5.21 Å². The summed E-state index contributed by atoms with van der Waals surface area (Å²) in [6.45, 7) is 8.06. The smallest absolute Gasteiger partial charge is 0.266 e. The van der Waals surface area contributed by atoms with Crippen LogP contribution in [0.5, 0.6) is 0 Å². The van der Waals surface area contributed by atoms with Crippen LogP contribution < -0.4 is 15.6 Å². The molecule has 3 aliphatic heterocycles. The summed E-state index contributed by atoms with van der Waals surface area (Å²) in [5, 5.41) is 16.6. The first-order valence-corrected chi connectivity index (χ1v) is 9.82. The minimum absolute atomic E-state index is 0.0539. The topological polar surface area (TPSA) is 109 Å². The highest BCUT2D eigenvalue weighted by atomic mass is 16.6. The van der Waals surface area contributed by atoms with Crippen molar-refractivity contribution in [2.45, 2.75) is 71.2 Å². The molecule has 0 radical (unpaired) electrons. The van der Waals surface area contributed by atoms with Crippen molar-refractivity contribution in [3.63, 3.8) is 0 Å². The van der Waals surface area contributed by atoms with Crippen LogP contribution in [0.1, 0.15) is 47.0 Å². The van der Waals surface area contributed by atoms with Gasteiger partial charge in [0.25, 0.3) is 6.20 Å². The first-order valence-electron chi connectivity index (χ1n) is 9.82. The van der Waals surface area contributed by atoms with Crippen LogP contribution in [0.2, 0.25) is 0 Å². The van der Waals surface area contributed by atoms with E-state index in [2.05, 4.69) is 4.98 Å². The van der Waals surface area contributed by atoms with Gasteiger partial charge in [0.1, 0.15) is 0 Å². The van der Waals surface area contributed by atoms with Gasteiger partial charge in [0.2, 0.25) is 17.9 Å². The third-order valence-corrected chi connectivity index (χ3v) is 5.74. The number of hydrazone groups is 1. The van der Waals surface area contributed by atoms with Crippen molar-refractivity contribution in [3.8, 4) is 0 Å². The van der Waals surface area contributed by atoms with Crippen molar-refractivity contribution >= 4 is 17.4 Å². The van der Waals surface area contributed by atoms with Crippen molar-refractivity contribution in [1.82, 2.24) is 4.98 Å². The zero-order chi connectivity index (χ0) is 20.1. The molecule has 9 heteroatoms. The molecule has 0 spiro atoms. The molecule has 0 amide bonds. The Morgan fingerprint density at radius 1 is 1.46 bits per heavy atom. The maximum Gasteiger partial charge on any atom is 0.266 e. The number of aromatic nitrogens is 2. The zero-order valence-electron chi connectivity index (χ0n) is 16.8. The zero-order valence-corrected chi connectivity index (χ0v) is 16.8. The van der Waals surface area contributed by atoms with E-state index in [0.717, 1.165) is 29.7 Å². The number of nitrogens with zero attached hydrogens (tertiary/aromatic N) is 5. The van der Waals surface area contributed by atoms with Crippen molar-refractivity contribution < 1.29 is 19.5 Å². The Kier molecular flexibility index (Phi) is 4.75. The van der Waals surface area contributed by atoms with Gasteiger partial charge >= 0.3 is 0 Å². The molecule has 2 saturated heterocycles. The van der Waals surface area contributed by atoms with Gasteiger partial charge in [0.05, 0.1) is 36.2 Å². The number of fused-ring (bicyclic) bond motifs is 4. The number of hydrogen-bond acceptors (Lipinski definition) is 8. The van der Waals surface area contributed by atoms with Crippen LogP contribution in [0.3, 0.4) is 0 Å². The molecule has 1 aromatic heterocycles. The van der Waals surface area contributed by atoms with Crippen molar-refractivity contribution in [2.75, 3.05) is 5.01 Å². The van der Waals surface area contributed by atoms with Gasteiger partial charge in [-0.25, -0.2) is 15.0 Å². The molecule has 5 unspecified atom stereocenters. The minimum Gasteiger partial charge on any atom is -0.396 e. The fourth-order valence-electron chi connectivity index (χ4n) is 4.46. The van der Waals surface area contributed by atoms with Crippen LogP contribution >= 0.6 is 0 Å². The van der Waals surface area contributed by atoms with Crippen molar-refractivity contribution in [2.24, 2.45) is 27.3 Å². The summed E-state index contributed by atoms with van der Waals surface area (Å²) in [7, 11) is 0. The quantitative estimate of drug-likeness (QED) is 0.266. The Hall–Kier alpha value is -2.26. The van der Waals surface area contributed by atoms with Gasteiger partial charge < -0.3 is 9.57 Å². The molecule has 2 bridgehead atoms. The van der Waals surface area contributed by atoms with Crippen LogP contribution in [0, 0.1) is 11.3 Å². The summed E-state index contributed by atoms with van der Waals surface area (Å²) >= 11 is 0. The van der Waals surface area contributed by atoms with Gasteiger partial charge in [-0.1, -0.05) is 20.8 Å². The molecule has 0 aliphatic carbocycles. The van der Waals surface area contributed by atoms with E-state index in [1.807, 2.05) is 32.7 Å². The molecule has 3 N–H and O–H groups in total. The Morgan fingerprint density at radius 3 is 2.93 bits per heavy atom. The third-order valence-electron chi connectivity index (χ3n) is 5.74. The second-order valence-electron chi connectivity index (χ2n) is 8.85. The van der Waals surface area contributed by atoms with Gasteiger partial charge in [0.15, 0.2) is 0 Å². The average Bonchev–Trinajstić information content (AvgIpc) is 3.21. The lowest BCUT2D eigenvalue weighted by Crippen LogP contribution is -2.49. The van der Waals surface area contributed by atoms with Gasteiger partial charge in [-0.2, -0.15) is 11.0 Å². The second kappa shape index (κ2) is 6.97. The van der Waals surface area contributed by atoms with E-state index in [1.54, 1.807) is 12.4 Å². The highest BCUT2D eigenvalue weighted by molar-refractivity contribution is 5.97.